The maximum absolute atomic E-state index is 12.0. The van der Waals surface area contributed by atoms with Crippen molar-refractivity contribution >= 4 is 38.7 Å². The van der Waals surface area contributed by atoms with Gasteiger partial charge in [-0.25, -0.2) is 0 Å². The van der Waals surface area contributed by atoms with Crippen LogP contribution in [-0.2, 0) is 4.79 Å². The number of nitrogens with one attached hydrogen (secondary N) is 1. The van der Waals surface area contributed by atoms with Crippen LogP contribution in [0.25, 0.3) is 0 Å². The summed E-state index contributed by atoms with van der Waals surface area (Å²) < 4.78 is 0.762. The van der Waals surface area contributed by atoms with Gasteiger partial charge in [-0.1, -0.05) is 78.9 Å². The molecule has 1 rings (SSSR count). The van der Waals surface area contributed by atoms with E-state index < -0.39 is 0 Å². The maximum Gasteiger partial charge on any atom is 0.244 e. The SMILES string of the molecule is CCCCCCCCNC(=O)C=CSC(=O)c1ccccc1Br. The van der Waals surface area contributed by atoms with Gasteiger partial charge in [0.2, 0.25) is 11.0 Å². The molecule has 0 aliphatic rings. The van der Waals surface area contributed by atoms with E-state index in [1.165, 1.54) is 31.8 Å². The molecule has 0 aliphatic heterocycles. The molecule has 23 heavy (non-hydrogen) atoms. The molecule has 0 spiro atoms. The molecule has 1 N–H and O–H groups in total. The number of benzene rings is 1. The largest absolute Gasteiger partial charge is 0.353 e. The molecule has 0 radical (unpaired) electrons. The lowest BCUT2D eigenvalue weighted by atomic mass is 10.1. The summed E-state index contributed by atoms with van der Waals surface area (Å²) in [6.07, 6.45) is 8.62. The van der Waals surface area contributed by atoms with E-state index >= 15 is 0 Å². The lowest BCUT2D eigenvalue weighted by molar-refractivity contribution is -0.116. The van der Waals surface area contributed by atoms with Crippen molar-refractivity contribution in [3.8, 4) is 0 Å². The second-order valence-electron chi connectivity index (χ2n) is 5.25. The number of hydrogen-bond donors (Lipinski definition) is 1. The average Bonchev–Trinajstić information content (AvgIpc) is 2.54. The molecule has 1 aromatic rings. The van der Waals surface area contributed by atoms with Crippen molar-refractivity contribution in [1.82, 2.24) is 5.32 Å². The minimum Gasteiger partial charge on any atom is -0.353 e. The predicted molar refractivity (Wildman–Crippen MR) is 102 cm³/mol. The lowest BCUT2D eigenvalue weighted by Gasteiger charge is -2.02. The Bertz CT molecular complexity index is 532. The van der Waals surface area contributed by atoms with Crippen LogP contribution in [0, 0.1) is 0 Å². The summed E-state index contributed by atoms with van der Waals surface area (Å²) >= 11 is 4.36. The Morgan fingerprint density at radius 1 is 1.13 bits per heavy atom. The van der Waals surface area contributed by atoms with Crippen LogP contribution in [0.5, 0.6) is 0 Å². The number of hydrogen-bond acceptors (Lipinski definition) is 3. The Morgan fingerprint density at radius 3 is 2.57 bits per heavy atom. The summed E-state index contributed by atoms with van der Waals surface area (Å²) in [6, 6.07) is 7.25. The molecule has 0 heterocycles. The first kappa shape index (κ1) is 20.0. The van der Waals surface area contributed by atoms with Crippen molar-refractivity contribution in [1.29, 1.82) is 0 Å². The molecular formula is C18H24BrNO2S. The summed E-state index contributed by atoms with van der Waals surface area (Å²) in [4.78, 5) is 23.6. The molecule has 0 fully saturated rings. The van der Waals surface area contributed by atoms with E-state index in [9.17, 15) is 9.59 Å². The van der Waals surface area contributed by atoms with E-state index in [1.54, 1.807) is 11.5 Å². The molecule has 126 valence electrons. The highest BCUT2D eigenvalue weighted by molar-refractivity contribution is 9.10. The van der Waals surface area contributed by atoms with Gasteiger partial charge in [0.25, 0.3) is 0 Å². The number of unbranched alkanes of at least 4 members (excludes halogenated alkanes) is 5. The molecule has 0 atom stereocenters. The topological polar surface area (TPSA) is 46.2 Å². The van der Waals surface area contributed by atoms with Crippen LogP contribution < -0.4 is 5.32 Å². The Balaban J connectivity index is 2.18. The lowest BCUT2D eigenvalue weighted by Crippen LogP contribution is -2.21. The van der Waals surface area contributed by atoms with Gasteiger partial charge in [-0.3, -0.25) is 9.59 Å². The van der Waals surface area contributed by atoms with E-state index in [2.05, 4.69) is 28.2 Å². The average molecular weight is 398 g/mol. The first-order valence-corrected chi connectivity index (χ1v) is 9.72. The highest BCUT2D eigenvalue weighted by Gasteiger charge is 2.08. The molecule has 0 saturated heterocycles. The van der Waals surface area contributed by atoms with Crippen LogP contribution in [0.3, 0.4) is 0 Å². The summed E-state index contributed by atoms with van der Waals surface area (Å²) in [5.41, 5.74) is 0.606. The van der Waals surface area contributed by atoms with E-state index in [0.29, 0.717) is 12.1 Å². The monoisotopic (exact) mass is 397 g/mol. The number of thioether (sulfide) groups is 1. The first-order chi connectivity index (χ1) is 11.1. The molecule has 0 saturated carbocycles. The van der Waals surface area contributed by atoms with Crippen molar-refractivity contribution in [3.63, 3.8) is 0 Å². The number of halogens is 1. The second kappa shape index (κ2) is 12.4. The van der Waals surface area contributed by atoms with Gasteiger partial charge in [-0.05, 0) is 24.0 Å². The number of carbonyl (C=O) groups excluding carboxylic acids is 2. The van der Waals surface area contributed by atoms with Gasteiger partial charge in [-0.15, -0.1) is 0 Å². The molecule has 0 aromatic heterocycles. The van der Waals surface area contributed by atoms with Gasteiger partial charge in [0.15, 0.2) is 0 Å². The minimum absolute atomic E-state index is 0.0857. The zero-order valence-electron chi connectivity index (χ0n) is 13.5. The number of carbonyl (C=O) groups is 2. The molecular weight excluding hydrogens is 374 g/mol. The van der Waals surface area contributed by atoms with Gasteiger partial charge in [0, 0.05) is 22.7 Å². The summed E-state index contributed by atoms with van der Waals surface area (Å²) in [5.74, 6) is -0.147. The fraction of sp³-hybridized carbons (Fsp3) is 0.444. The molecule has 0 bridgehead atoms. The standard InChI is InChI=1S/C18H24BrNO2S/c1-2-3-4-5-6-9-13-20-17(21)12-14-23-18(22)15-10-7-8-11-16(15)19/h7-8,10-12,14H,2-6,9,13H2,1H3,(H,20,21). The smallest absolute Gasteiger partial charge is 0.244 e. The Kier molecular flexibility index (Phi) is 10.7. The maximum atomic E-state index is 12.0. The second-order valence-corrected chi connectivity index (χ2v) is 6.98. The number of rotatable bonds is 10. The van der Waals surface area contributed by atoms with Crippen LogP contribution >= 0.6 is 27.7 Å². The van der Waals surface area contributed by atoms with Gasteiger partial charge in [-0.2, -0.15) is 0 Å². The first-order valence-electron chi connectivity index (χ1n) is 8.05. The fourth-order valence-corrected chi connectivity index (χ4v) is 3.24. The highest BCUT2D eigenvalue weighted by Crippen LogP contribution is 2.21. The Hall–Kier alpha value is -1.07. The van der Waals surface area contributed by atoms with Gasteiger partial charge < -0.3 is 5.32 Å². The minimum atomic E-state index is -0.147. The quantitative estimate of drug-likeness (QED) is 0.429. The molecule has 5 heteroatoms. The molecule has 1 aromatic carbocycles. The van der Waals surface area contributed by atoms with Crippen LogP contribution in [0.1, 0.15) is 55.8 Å². The fourth-order valence-electron chi connectivity index (χ4n) is 2.02. The van der Waals surface area contributed by atoms with Crippen LogP contribution in [0.15, 0.2) is 40.2 Å². The van der Waals surface area contributed by atoms with Crippen LogP contribution in [0.4, 0.5) is 0 Å². The van der Waals surface area contributed by atoms with Crippen molar-refractivity contribution in [3.05, 3.63) is 45.8 Å². The Labute approximate surface area is 151 Å². The van der Waals surface area contributed by atoms with E-state index in [4.69, 9.17) is 0 Å². The summed E-state index contributed by atoms with van der Waals surface area (Å²) in [7, 11) is 0. The van der Waals surface area contributed by atoms with E-state index in [0.717, 1.165) is 29.1 Å². The van der Waals surface area contributed by atoms with E-state index in [-0.39, 0.29) is 11.0 Å². The van der Waals surface area contributed by atoms with Crippen molar-refractivity contribution in [2.75, 3.05) is 6.54 Å². The zero-order chi connectivity index (χ0) is 16.9. The Morgan fingerprint density at radius 2 is 1.83 bits per heavy atom. The molecule has 1 amide bonds. The summed E-state index contributed by atoms with van der Waals surface area (Å²) in [5, 5.41) is 4.29. The number of amides is 1. The normalized spacial score (nSPS) is 10.9. The molecule has 3 nitrogen and oxygen atoms in total. The third kappa shape index (κ3) is 8.96. The van der Waals surface area contributed by atoms with E-state index in [1.807, 2.05) is 18.2 Å². The van der Waals surface area contributed by atoms with Gasteiger partial charge in [0.05, 0.1) is 0 Å². The molecule has 0 aliphatic carbocycles. The van der Waals surface area contributed by atoms with Crippen molar-refractivity contribution < 1.29 is 9.59 Å². The molecule has 0 unspecified atom stereocenters. The van der Waals surface area contributed by atoms with Crippen LogP contribution in [-0.4, -0.2) is 17.6 Å². The highest BCUT2D eigenvalue weighted by atomic mass is 79.9. The van der Waals surface area contributed by atoms with Crippen molar-refractivity contribution in [2.45, 2.75) is 45.4 Å². The van der Waals surface area contributed by atoms with Crippen molar-refractivity contribution in [2.24, 2.45) is 0 Å². The summed E-state index contributed by atoms with van der Waals surface area (Å²) in [6.45, 7) is 2.89. The third-order valence-electron chi connectivity index (χ3n) is 3.32. The predicted octanol–water partition coefficient (Wildman–Crippen LogP) is 5.31. The van der Waals surface area contributed by atoms with Crippen LogP contribution in [0.2, 0.25) is 0 Å². The van der Waals surface area contributed by atoms with Gasteiger partial charge in [0.1, 0.15) is 0 Å². The van der Waals surface area contributed by atoms with Gasteiger partial charge >= 0.3 is 0 Å². The zero-order valence-corrected chi connectivity index (χ0v) is 15.9. The third-order valence-corrected chi connectivity index (χ3v) is 4.72.